The summed E-state index contributed by atoms with van der Waals surface area (Å²) in [4.78, 5) is 2.67. The highest BCUT2D eigenvalue weighted by Crippen LogP contribution is 2.39. The van der Waals surface area contributed by atoms with Crippen molar-refractivity contribution in [3.63, 3.8) is 0 Å². The third-order valence-electron chi connectivity index (χ3n) is 5.08. The first-order valence-electron chi connectivity index (χ1n) is 7.66. The number of rotatable bonds is 2. The summed E-state index contributed by atoms with van der Waals surface area (Å²) in [5.41, 5.74) is 4.97. The topological polar surface area (TPSA) is 15.3 Å². The minimum Gasteiger partial charge on any atom is -0.317 e. The fraction of sp³-hybridized carbons (Fsp3) is 0.647. The number of piperidine rings is 1. The lowest BCUT2D eigenvalue weighted by molar-refractivity contribution is 0.194. The van der Waals surface area contributed by atoms with Gasteiger partial charge in [0.05, 0.1) is 0 Å². The van der Waals surface area contributed by atoms with Gasteiger partial charge in [-0.05, 0) is 69.3 Å². The Kier molecular flexibility index (Phi) is 5.11. The largest absolute Gasteiger partial charge is 0.317 e. The van der Waals surface area contributed by atoms with E-state index in [0.29, 0.717) is 5.41 Å². The fourth-order valence-corrected chi connectivity index (χ4v) is 3.74. The van der Waals surface area contributed by atoms with Crippen LogP contribution in [0.2, 0.25) is 0 Å². The van der Waals surface area contributed by atoms with E-state index in [1.165, 1.54) is 62.1 Å². The number of nitrogens with one attached hydrogen (secondary N) is 1. The van der Waals surface area contributed by atoms with Crippen molar-refractivity contribution in [2.75, 3.05) is 26.2 Å². The Morgan fingerprint density at radius 1 is 1.15 bits per heavy atom. The number of aryl methyl sites for hydroxylation is 2. The highest BCUT2D eigenvalue weighted by atomic mass is 35.5. The van der Waals surface area contributed by atoms with Crippen LogP contribution in [-0.2, 0) is 6.54 Å². The molecule has 0 atom stereocenters. The van der Waals surface area contributed by atoms with Crippen molar-refractivity contribution in [2.45, 2.75) is 39.7 Å². The van der Waals surface area contributed by atoms with Crippen LogP contribution in [0.1, 0.15) is 36.0 Å². The first kappa shape index (κ1) is 15.8. The molecule has 1 spiro atoms. The van der Waals surface area contributed by atoms with Crippen molar-refractivity contribution in [3.05, 3.63) is 34.9 Å². The van der Waals surface area contributed by atoms with Gasteiger partial charge in [-0.1, -0.05) is 23.8 Å². The third kappa shape index (κ3) is 3.36. The molecule has 2 saturated heterocycles. The molecule has 0 unspecified atom stereocenters. The number of benzene rings is 1. The molecule has 2 aliphatic heterocycles. The van der Waals surface area contributed by atoms with E-state index in [2.05, 4.69) is 42.3 Å². The lowest BCUT2D eigenvalue weighted by Crippen LogP contribution is -2.38. The van der Waals surface area contributed by atoms with Crippen molar-refractivity contribution >= 4 is 12.4 Å². The van der Waals surface area contributed by atoms with Crippen molar-refractivity contribution in [1.82, 2.24) is 10.2 Å². The molecular weight excluding hydrogens is 268 g/mol. The fourth-order valence-electron chi connectivity index (χ4n) is 3.74. The number of hydrogen-bond acceptors (Lipinski definition) is 2. The van der Waals surface area contributed by atoms with E-state index in [0.717, 1.165) is 6.54 Å². The van der Waals surface area contributed by atoms with Gasteiger partial charge < -0.3 is 5.32 Å². The predicted molar refractivity (Wildman–Crippen MR) is 87.6 cm³/mol. The molecule has 2 nitrogen and oxygen atoms in total. The number of hydrogen-bond donors (Lipinski definition) is 1. The van der Waals surface area contributed by atoms with Crippen LogP contribution < -0.4 is 5.32 Å². The van der Waals surface area contributed by atoms with Crippen molar-refractivity contribution in [2.24, 2.45) is 5.41 Å². The van der Waals surface area contributed by atoms with E-state index in [4.69, 9.17) is 0 Å². The maximum Gasteiger partial charge on any atom is 0.0236 e. The van der Waals surface area contributed by atoms with E-state index in [-0.39, 0.29) is 12.4 Å². The average Bonchev–Trinajstić information content (AvgIpc) is 2.78. The molecule has 0 aromatic heterocycles. The molecule has 0 radical (unpaired) electrons. The minimum atomic E-state index is 0. The predicted octanol–water partition coefficient (Wildman–Crippen LogP) is 3.30. The molecule has 0 aliphatic carbocycles. The number of halogens is 1. The van der Waals surface area contributed by atoms with Gasteiger partial charge in [-0.3, -0.25) is 4.90 Å². The Morgan fingerprint density at radius 2 is 1.90 bits per heavy atom. The summed E-state index contributed by atoms with van der Waals surface area (Å²) >= 11 is 0. The average molecular weight is 295 g/mol. The minimum absolute atomic E-state index is 0. The summed E-state index contributed by atoms with van der Waals surface area (Å²) in [5.74, 6) is 0. The lowest BCUT2D eigenvalue weighted by atomic mass is 9.78. The molecule has 0 amide bonds. The Bertz CT molecular complexity index is 452. The summed E-state index contributed by atoms with van der Waals surface area (Å²) in [6.45, 7) is 10.6. The van der Waals surface area contributed by atoms with Crippen molar-refractivity contribution < 1.29 is 0 Å². The van der Waals surface area contributed by atoms with Gasteiger partial charge in [-0.25, -0.2) is 0 Å². The summed E-state index contributed by atoms with van der Waals surface area (Å²) in [7, 11) is 0. The molecule has 3 rings (SSSR count). The van der Waals surface area contributed by atoms with Crippen LogP contribution in [0.25, 0.3) is 0 Å². The zero-order valence-electron chi connectivity index (χ0n) is 12.7. The van der Waals surface area contributed by atoms with Gasteiger partial charge >= 0.3 is 0 Å². The van der Waals surface area contributed by atoms with Crippen LogP contribution in [0.15, 0.2) is 18.2 Å². The molecule has 1 aromatic carbocycles. The van der Waals surface area contributed by atoms with Crippen LogP contribution in [0.4, 0.5) is 0 Å². The number of likely N-dealkylation sites (tertiary alicyclic amines) is 1. The van der Waals surface area contributed by atoms with Gasteiger partial charge in [0.15, 0.2) is 0 Å². The van der Waals surface area contributed by atoms with E-state index >= 15 is 0 Å². The maximum absolute atomic E-state index is 3.50. The van der Waals surface area contributed by atoms with E-state index in [1.807, 2.05) is 0 Å². The molecule has 3 heteroatoms. The molecule has 0 bridgehead atoms. The first-order valence-corrected chi connectivity index (χ1v) is 7.66. The molecular formula is C17H27ClN2. The summed E-state index contributed by atoms with van der Waals surface area (Å²) in [6, 6.07) is 6.85. The third-order valence-corrected chi connectivity index (χ3v) is 5.08. The first-order chi connectivity index (χ1) is 9.17. The Labute approximate surface area is 129 Å². The van der Waals surface area contributed by atoms with E-state index in [9.17, 15) is 0 Å². The van der Waals surface area contributed by atoms with Crippen LogP contribution >= 0.6 is 12.4 Å². The van der Waals surface area contributed by atoms with Crippen molar-refractivity contribution in [1.29, 1.82) is 0 Å². The number of nitrogens with zero attached hydrogens (tertiary/aromatic N) is 1. The monoisotopic (exact) mass is 294 g/mol. The van der Waals surface area contributed by atoms with Crippen LogP contribution in [0.3, 0.4) is 0 Å². The van der Waals surface area contributed by atoms with E-state index < -0.39 is 0 Å². The van der Waals surface area contributed by atoms with Crippen LogP contribution in [0.5, 0.6) is 0 Å². The maximum atomic E-state index is 3.50. The Balaban J connectivity index is 0.00000147. The zero-order chi connectivity index (χ0) is 13.3. The highest BCUT2D eigenvalue weighted by Gasteiger charge is 2.38. The van der Waals surface area contributed by atoms with E-state index in [1.54, 1.807) is 0 Å². The molecule has 112 valence electrons. The van der Waals surface area contributed by atoms with Gasteiger partial charge in [-0.2, -0.15) is 0 Å². The highest BCUT2D eigenvalue weighted by molar-refractivity contribution is 5.85. The zero-order valence-corrected chi connectivity index (χ0v) is 13.6. The van der Waals surface area contributed by atoms with Gasteiger partial charge in [0.2, 0.25) is 0 Å². The quantitative estimate of drug-likeness (QED) is 0.900. The molecule has 1 aromatic rings. The van der Waals surface area contributed by atoms with Crippen molar-refractivity contribution in [3.8, 4) is 0 Å². The molecule has 2 aliphatic rings. The second-order valence-electron chi connectivity index (χ2n) is 6.64. The van der Waals surface area contributed by atoms with Crippen LogP contribution in [-0.4, -0.2) is 31.1 Å². The van der Waals surface area contributed by atoms with Gasteiger partial charge in [0.25, 0.3) is 0 Å². The normalized spacial score (nSPS) is 21.9. The summed E-state index contributed by atoms with van der Waals surface area (Å²) < 4.78 is 0. The van der Waals surface area contributed by atoms with Gasteiger partial charge in [0.1, 0.15) is 0 Å². The molecule has 1 N–H and O–H groups in total. The molecule has 2 heterocycles. The van der Waals surface area contributed by atoms with Crippen LogP contribution in [0, 0.1) is 19.3 Å². The second kappa shape index (κ2) is 6.46. The SMILES string of the molecule is Cc1ccc(C)c(CN2CCC3(CCNCC3)C2)c1.Cl. The second-order valence-corrected chi connectivity index (χ2v) is 6.64. The lowest BCUT2D eigenvalue weighted by Gasteiger charge is -2.34. The van der Waals surface area contributed by atoms with Gasteiger partial charge in [0, 0.05) is 13.1 Å². The molecule has 20 heavy (non-hydrogen) atoms. The molecule has 2 fully saturated rings. The Morgan fingerprint density at radius 3 is 2.65 bits per heavy atom. The summed E-state index contributed by atoms with van der Waals surface area (Å²) in [5, 5.41) is 3.50. The Hall–Kier alpha value is -0.570. The standard InChI is InChI=1S/C17H26N2.ClH/c1-14-3-4-15(2)16(11-14)12-19-10-7-17(13-19)5-8-18-9-6-17;/h3-4,11,18H,5-10,12-13H2,1-2H3;1H. The summed E-state index contributed by atoms with van der Waals surface area (Å²) in [6.07, 6.45) is 4.14. The molecule has 0 saturated carbocycles. The smallest absolute Gasteiger partial charge is 0.0236 e. The van der Waals surface area contributed by atoms with Gasteiger partial charge in [-0.15, -0.1) is 12.4 Å².